The summed E-state index contributed by atoms with van der Waals surface area (Å²) in [5.41, 5.74) is 15.5. The number of nitrogens with one attached hydrogen (secondary N) is 2. The van der Waals surface area contributed by atoms with Crippen molar-refractivity contribution in [3.8, 4) is 0 Å². The normalized spacial score (nSPS) is 15.9. The molecule has 4 rings (SSSR count). The highest BCUT2D eigenvalue weighted by molar-refractivity contribution is 7.21. The standard InChI is InChI=1S/C21H24FN5OS/c1-11-2-5-15-18(24)19(29-21(15)26-11)20(28)27-14-4-3-12-10-17(25-7-6-23)16(22)9-13(12)8-14/h2,5,9-10,14,25H,3-4,6-8,23-24H2,1H3,(H,27,28)/t14-/m0/s1. The molecule has 29 heavy (non-hydrogen) atoms. The van der Waals surface area contributed by atoms with E-state index in [2.05, 4.69) is 15.6 Å². The number of carbonyl (C=O) groups is 1. The van der Waals surface area contributed by atoms with Gasteiger partial charge in [-0.1, -0.05) is 0 Å². The maximum atomic E-state index is 14.3. The number of nitrogens with two attached hydrogens (primary N) is 2. The number of aryl methyl sites for hydroxylation is 2. The van der Waals surface area contributed by atoms with Crippen LogP contribution < -0.4 is 22.1 Å². The Bertz CT molecular complexity index is 1080. The molecule has 3 aromatic rings. The minimum atomic E-state index is -0.292. The molecular weight excluding hydrogens is 389 g/mol. The van der Waals surface area contributed by atoms with Crippen molar-refractivity contribution in [2.75, 3.05) is 24.1 Å². The lowest BCUT2D eigenvalue weighted by Crippen LogP contribution is -2.38. The molecule has 6 nitrogen and oxygen atoms in total. The zero-order valence-electron chi connectivity index (χ0n) is 16.2. The Labute approximate surface area is 172 Å². The fraction of sp³-hybridized carbons (Fsp3) is 0.333. The Balaban J connectivity index is 1.50. The largest absolute Gasteiger partial charge is 0.397 e. The van der Waals surface area contributed by atoms with E-state index in [0.717, 1.165) is 39.9 Å². The minimum Gasteiger partial charge on any atom is -0.397 e. The van der Waals surface area contributed by atoms with Crippen molar-refractivity contribution < 1.29 is 9.18 Å². The maximum absolute atomic E-state index is 14.3. The Hall–Kier alpha value is -2.71. The summed E-state index contributed by atoms with van der Waals surface area (Å²) >= 11 is 1.31. The highest BCUT2D eigenvalue weighted by atomic mass is 32.1. The molecule has 0 aliphatic heterocycles. The molecule has 2 aromatic heterocycles. The van der Waals surface area contributed by atoms with E-state index >= 15 is 0 Å². The Morgan fingerprint density at radius 2 is 2.17 bits per heavy atom. The monoisotopic (exact) mass is 413 g/mol. The first-order valence-electron chi connectivity index (χ1n) is 9.68. The summed E-state index contributed by atoms with van der Waals surface area (Å²) in [5, 5.41) is 6.89. The first kappa shape index (κ1) is 19.6. The summed E-state index contributed by atoms with van der Waals surface area (Å²) in [6, 6.07) is 7.15. The SMILES string of the molecule is Cc1ccc2c(N)c(C(=O)N[C@H]3CCc4cc(NCCN)c(F)cc4C3)sc2n1. The summed E-state index contributed by atoms with van der Waals surface area (Å²) in [6.45, 7) is 2.88. The number of fused-ring (bicyclic) bond motifs is 2. The molecule has 0 saturated carbocycles. The third-order valence-corrected chi connectivity index (χ3v) is 6.37. The Kier molecular flexibility index (Phi) is 5.38. The summed E-state index contributed by atoms with van der Waals surface area (Å²) in [5.74, 6) is -0.488. The summed E-state index contributed by atoms with van der Waals surface area (Å²) in [4.78, 5) is 18.5. The predicted molar refractivity (Wildman–Crippen MR) is 116 cm³/mol. The number of halogens is 1. The average Bonchev–Trinajstić information content (AvgIpc) is 3.02. The average molecular weight is 414 g/mol. The van der Waals surface area contributed by atoms with Crippen LogP contribution in [0.3, 0.4) is 0 Å². The lowest BCUT2D eigenvalue weighted by molar-refractivity contribution is 0.0938. The molecular formula is C21H24FN5OS. The molecule has 0 bridgehead atoms. The van der Waals surface area contributed by atoms with E-state index in [9.17, 15) is 9.18 Å². The molecule has 6 N–H and O–H groups in total. The molecule has 152 valence electrons. The zero-order chi connectivity index (χ0) is 20.5. The van der Waals surface area contributed by atoms with Crippen molar-refractivity contribution >= 4 is 38.8 Å². The van der Waals surface area contributed by atoms with Gasteiger partial charge in [0.1, 0.15) is 15.5 Å². The predicted octanol–water partition coefficient (Wildman–Crippen LogP) is 2.98. The number of nitrogen functional groups attached to an aromatic ring is 1. The number of hydrogen-bond donors (Lipinski definition) is 4. The molecule has 0 unspecified atom stereocenters. The number of aromatic nitrogens is 1. The fourth-order valence-electron chi connectivity index (χ4n) is 3.75. The van der Waals surface area contributed by atoms with E-state index in [4.69, 9.17) is 11.5 Å². The Morgan fingerprint density at radius 3 is 2.97 bits per heavy atom. The van der Waals surface area contributed by atoms with Crippen LogP contribution in [0, 0.1) is 12.7 Å². The van der Waals surface area contributed by atoms with Gasteiger partial charge in [0.2, 0.25) is 0 Å². The summed E-state index contributed by atoms with van der Waals surface area (Å²) in [7, 11) is 0. The van der Waals surface area contributed by atoms with Gasteiger partial charge in [0, 0.05) is 30.2 Å². The van der Waals surface area contributed by atoms with E-state index < -0.39 is 0 Å². The van der Waals surface area contributed by atoms with Gasteiger partial charge < -0.3 is 22.1 Å². The second-order valence-corrected chi connectivity index (χ2v) is 8.38. The van der Waals surface area contributed by atoms with Crippen molar-refractivity contribution in [3.63, 3.8) is 0 Å². The first-order valence-corrected chi connectivity index (χ1v) is 10.5. The summed E-state index contributed by atoms with van der Waals surface area (Å²) in [6.07, 6.45) is 2.17. The number of carbonyl (C=O) groups excluding carboxylic acids is 1. The van der Waals surface area contributed by atoms with Crippen molar-refractivity contribution in [3.05, 3.63) is 51.8 Å². The zero-order valence-corrected chi connectivity index (χ0v) is 17.0. The van der Waals surface area contributed by atoms with Crippen LogP contribution >= 0.6 is 11.3 Å². The van der Waals surface area contributed by atoms with E-state index in [1.165, 1.54) is 11.3 Å². The molecule has 2 heterocycles. The topological polar surface area (TPSA) is 106 Å². The smallest absolute Gasteiger partial charge is 0.263 e. The van der Waals surface area contributed by atoms with E-state index in [-0.39, 0.29) is 17.8 Å². The molecule has 0 saturated heterocycles. The molecule has 1 amide bonds. The molecule has 8 heteroatoms. The van der Waals surface area contributed by atoms with Gasteiger partial charge in [-0.2, -0.15) is 0 Å². The molecule has 0 spiro atoms. The minimum absolute atomic E-state index is 0.0587. The number of anilines is 2. The highest BCUT2D eigenvalue weighted by Crippen LogP contribution is 2.33. The maximum Gasteiger partial charge on any atom is 0.263 e. The lowest BCUT2D eigenvalue weighted by atomic mass is 9.87. The number of thiophene rings is 1. The van der Waals surface area contributed by atoms with Crippen LogP contribution in [-0.2, 0) is 12.8 Å². The molecule has 0 radical (unpaired) electrons. The van der Waals surface area contributed by atoms with Crippen LogP contribution in [0.15, 0.2) is 24.3 Å². The third kappa shape index (κ3) is 3.90. The number of amides is 1. The third-order valence-electron chi connectivity index (χ3n) is 5.25. The number of rotatable bonds is 5. The van der Waals surface area contributed by atoms with Crippen molar-refractivity contribution in [2.45, 2.75) is 32.2 Å². The number of pyridine rings is 1. The van der Waals surface area contributed by atoms with Gasteiger partial charge in [-0.3, -0.25) is 4.79 Å². The molecule has 1 aliphatic carbocycles. The van der Waals surface area contributed by atoms with Crippen molar-refractivity contribution in [2.24, 2.45) is 5.73 Å². The van der Waals surface area contributed by atoms with Crippen LogP contribution in [0.4, 0.5) is 15.8 Å². The van der Waals surface area contributed by atoms with Crippen molar-refractivity contribution in [1.82, 2.24) is 10.3 Å². The quantitative estimate of drug-likeness (QED) is 0.515. The van der Waals surface area contributed by atoms with Crippen molar-refractivity contribution in [1.29, 1.82) is 0 Å². The van der Waals surface area contributed by atoms with Crippen LogP contribution in [0.5, 0.6) is 0 Å². The van der Waals surface area contributed by atoms with Gasteiger partial charge >= 0.3 is 0 Å². The summed E-state index contributed by atoms with van der Waals surface area (Å²) < 4.78 is 14.3. The van der Waals surface area contributed by atoms with Gasteiger partial charge in [-0.25, -0.2) is 9.37 Å². The molecule has 1 atom stereocenters. The van der Waals surface area contributed by atoms with E-state index in [1.54, 1.807) is 6.07 Å². The van der Waals surface area contributed by atoms with Crippen LogP contribution in [0.2, 0.25) is 0 Å². The number of benzene rings is 1. The molecule has 0 fully saturated rings. The van der Waals surface area contributed by atoms with Gasteiger partial charge in [-0.05, 0) is 61.6 Å². The van der Waals surface area contributed by atoms with Gasteiger partial charge in [0.25, 0.3) is 5.91 Å². The van der Waals surface area contributed by atoms with E-state index in [1.807, 2.05) is 25.1 Å². The second-order valence-electron chi connectivity index (χ2n) is 7.38. The van der Waals surface area contributed by atoms with Crippen LogP contribution in [-0.4, -0.2) is 30.0 Å². The number of nitrogens with zero attached hydrogens (tertiary/aromatic N) is 1. The number of hydrogen-bond acceptors (Lipinski definition) is 6. The second kappa shape index (κ2) is 7.96. The highest BCUT2D eigenvalue weighted by Gasteiger charge is 2.24. The molecule has 1 aliphatic rings. The van der Waals surface area contributed by atoms with Gasteiger partial charge in [-0.15, -0.1) is 11.3 Å². The van der Waals surface area contributed by atoms with Gasteiger partial charge in [0.15, 0.2) is 0 Å². The lowest BCUT2D eigenvalue weighted by Gasteiger charge is -2.26. The van der Waals surface area contributed by atoms with Crippen LogP contribution in [0.25, 0.3) is 10.2 Å². The fourth-order valence-corrected chi connectivity index (χ4v) is 4.80. The molecule has 1 aromatic carbocycles. The first-order chi connectivity index (χ1) is 14.0. The Morgan fingerprint density at radius 1 is 1.34 bits per heavy atom. The van der Waals surface area contributed by atoms with E-state index in [0.29, 0.717) is 35.8 Å². The van der Waals surface area contributed by atoms with Gasteiger partial charge in [0.05, 0.1) is 11.4 Å². The van der Waals surface area contributed by atoms with Crippen LogP contribution in [0.1, 0.15) is 32.9 Å².